The Labute approximate surface area is 124 Å². The van der Waals surface area contributed by atoms with Gasteiger partial charge in [-0.2, -0.15) is 0 Å². The highest BCUT2D eigenvalue weighted by Gasteiger charge is 2.12. The first-order valence-corrected chi connectivity index (χ1v) is 7.22. The fourth-order valence-electron chi connectivity index (χ4n) is 2.46. The van der Waals surface area contributed by atoms with E-state index in [-0.39, 0.29) is 6.04 Å². The number of aromatic nitrogens is 3. The van der Waals surface area contributed by atoms with Gasteiger partial charge in [-0.15, -0.1) is 0 Å². The number of nitrogens with one attached hydrogen (secondary N) is 1. The second-order valence-electron chi connectivity index (χ2n) is 4.93. The van der Waals surface area contributed by atoms with E-state index in [1.165, 1.54) is 5.56 Å². The van der Waals surface area contributed by atoms with Crippen LogP contribution in [0.1, 0.15) is 24.2 Å². The number of hydrogen-bond donors (Lipinski definition) is 1. The van der Waals surface area contributed by atoms with Gasteiger partial charge in [-0.1, -0.05) is 37.3 Å². The van der Waals surface area contributed by atoms with Gasteiger partial charge in [0, 0.05) is 30.6 Å². The van der Waals surface area contributed by atoms with Crippen LogP contribution in [0.4, 0.5) is 0 Å². The van der Waals surface area contributed by atoms with Gasteiger partial charge in [0.1, 0.15) is 5.52 Å². The molecule has 1 N–H and O–H groups in total. The summed E-state index contributed by atoms with van der Waals surface area (Å²) >= 11 is 0. The van der Waals surface area contributed by atoms with Crippen molar-refractivity contribution in [1.82, 2.24) is 20.3 Å². The van der Waals surface area contributed by atoms with Crippen LogP contribution in [-0.2, 0) is 6.42 Å². The molecular formula is C17H18N4. The van der Waals surface area contributed by atoms with Crippen molar-refractivity contribution in [3.8, 4) is 0 Å². The summed E-state index contributed by atoms with van der Waals surface area (Å²) in [6.45, 7) is 3.04. The van der Waals surface area contributed by atoms with Gasteiger partial charge in [-0.05, 0) is 24.2 Å². The third kappa shape index (κ3) is 3.23. The summed E-state index contributed by atoms with van der Waals surface area (Å²) in [5.74, 6) is 0. The average Bonchev–Trinajstić information content (AvgIpc) is 2.55. The first-order valence-electron chi connectivity index (χ1n) is 7.22. The minimum absolute atomic E-state index is 0.262. The molecule has 2 aromatic heterocycles. The van der Waals surface area contributed by atoms with Gasteiger partial charge >= 0.3 is 0 Å². The molecule has 0 saturated carbocycles. The van der Waals surface area contributed by atoms with Crippen molar-refractivity contribution < 1.29 is 0 Å². The zero-order valence-corrected chi connectivity index (χ0v) is 12.0. The fourth-order valence-corrected chi connectivity index (χ4v) is 2.46. The van der Waals surface area contributed by atoms with Gasteiger partial charge in [-0.25, -0.2) is 9.97 Å². The minimum atomic E-state index is 0.262. The normalized spacial score (nSPS) is 12.4. The molecule has 0 saturated heterocycles. The SMILES string of the molecule is CCNC(Cc1ccc2nccnc2n1)c1ccccc1. The molecule has 106 valence electrons. The molecule has 21 heavy (non-hydrogen) atoms. The third-order valence-electron chi connectivity index (χ3n) is 3.46. The molecule has 0 fully saturated rings. The van der Waals surface area contributed by atoms with Crippen molar-refractivity contribution in [2.45, 2.75) is 19.4 Å². The van der Waals surface area contributed by atoms with E-state index < -0.39 is 0 Å². The summed E-state index contributed by atoms with van der Waals surface area (Å²) in [4.78, 5) is 13.1. The molecule has 0 amide bonds. The predicted octanol–water partition coefficient (Wildman–Crippen LogP) is 2.92. The van der Waals surface area contributed by atoms with Crippen LogP contribution >= 0.6 is 0 Å². The maximum Gasteiger partial charge on any atom is 0.178 e. The van der Waals surface area contributed by atoms with Crippen LogP contribution in [0.3, 0.4) is 0 Å². The van der Waals surface area contributed by atoms with Crippen LogP contribution in [0, 0.1) is 0 Å². The highest BCUT2D eigenvalue weighted by Crippen LogP contribution is 2.18. The zero-order chi connectivity index (χ0) is 14.5. The van der Waals surface area contributed by atoms with Crippen molar-refractivity contribution in [2.24, 2.45) is 0 Å². The molecule has 1 atom stereocenters. The van der Waals surface area contributed by atoms with E-state index in [4.69, 9.17) is 0 Å². The number of pyridine rings is 1. The van der Waals surface area contributed by atoms with E-state index in [2.05, 4.69) is 51.5 Å². The first kappa shape index (κ1) is 13.6. The van der Waals surface area contributed by atoms with Gasteiger partial charge in [0.05, 0.1) is 0 Å². The molecule has 4 heteroatoms. The number of fused-ring (bicyclic) bond motifs is 1. The van der Waals surface area contributed by atoms with Gasteiger partial charge < -0.3 is 5.32 Å². The molecule has 1 aromatic carbocycles. The van der Waals surface area contributed by atoms with Crippen LogP contribution in [-0.4, -0.2) is 21.5 Å². The van der Waals surface area contributed by atoms with E-state index in [9.17, 15) is 0 Å². The van der Waals surface area contributed by atoms with E-state index in [1.807, 2.05) is 18.2 Å². The van der Waals surface area contributed by atoms with E-state index >= 15 is 0 Å². The van der Waals surface area contributed by atoms with Crippen molar-refractivity contribution in [1.29, 1.82) is 0 Å². The Hall–Kier alpha value is -2.33. The highest BCUT2D eigenvalue weighted by atomic mass is 14.9. The summed E-state index contributed by atoms with van der Waals surface area (Å²) in [7, 11) is 0. The Bertz CT molecular complexity index is 712. The Balaban J connectivity index is 1.87. The first-order chi connectivity index (χ1) is 10.4. The molecule has 0 aliphatic rings. The highest BCUT2D eigenvalue weighted by molar-refractivity contribution is 5.68. The maximum absolute atomic E-state index is 4.61. The van der Waals surface area contributed by atoms with E-state index in [1.54, 1.807) is 12.4 Å². The fraction of sp³-hybridized carbons (Fsp3) is 0.235. The number of rotatable bonds is 5. The Morgan fingerprint density at radius 1 is 1.00 bits per heavy atom. The molecule has 0 radical (unpaired) electrons. The van der Waals surface area contributed by atoms with Gasteiger partial charge in [0.15, 0.2) is 5.65 Å². The second kappa shape index (κ2) is 6.41. The summed E-state index contributed by atoms with van der Waals surface area (Å²) in [5, 5.41) is 3.52. The lowest BCUT2D eigenvalue weighted by Crippen LogP contribution is -2.23. The lowest BCUT2D eigenvalue weighted by molar-refractivity contribution is 0.544. The third-order valence-corrected chi connectivity index (χ3v) is 3.46. The monoisotopic (exact) mass is 278 g/mol. The maximum atomic E-state index is 4.61. The summed E-state index contributed by atoms with van der Waals surface area (Å²) in [5.41, 5.74) is 3.84. The molecule has 2 heterocycles. The largest absolute Gasteiger partial charge is 0.310 e. The molecule has 1 unspecified atom stereocenters. The predicted molar refractivity (Wildman–Crippen MR) is 83.9 cm³/mol. The van der Waals surface area contributed by atoms with Crippen molar-refractivity contribution >= 4 is 11.2 Å². The van der Waals surface area contributed by atoms with Crippen LogP contribution in [0.15, 0.2) is 54.9 Å². The molecule has 0 spiro atoms. The zero-order valence-electron chi connectivity index (χ0n) is 12.0. The topological polar surface area (TPSA) is 50.7 Å². The van der Waals surface area contributed by atoms with E-state index in [0.717, 1.165) is 24.2 Å². The lowest BCUT2D eigenvalue weighted by Gasteiger charge is -2.18. The van der Waals surface area contributed by atoms with Crippen molar-refractivity contribution in [3.05, 3.63) is 66.1 Å². The second-order valence-corrected chi connectivity index (χ2v) is 4.93. The number of nitrogens with zero attached hydrogens (tertiary/aromatic N) is 3. The Kier molecular flexibility index (Phi) is 4.17. The Morgan fingerprint density at radius 2 is 1.81 bits per heavy atom. The number of hydrogen-bond acceptors (Lipinski definition) is 4. The van der Waals surface area contributed by atoms with Crippen molar-refractivity contribution in [3.63, 3.8) is 0 Å². The van der Waals surface area contributed by atoms with Crippen LogP contribution < -0.4 is 5.32 Å². The van der Waals surface area contributed by atoms with E-state index in [0.29, 0.717) is 5.65 Å². The standard InChI is InChI=1S/C17H18N4/c1-2-18-16(13-6-4-3-5-7-13)12-14-8-9-15-17(21-14)20-11-10-19-15/h3-11,16,18H,2,12H2,1H3. The Morgan fingerprint density at radius 3 is 2.62 bits per heavy atom. The summed E-state index contributed by atoms with van der Waals surface area (Å²) in [6, 6.07) is 14.7. The molecule has 0 aliphatic carbocycles. The molecule has 3 aromatic rings. The number of likely N-dealkylation sites (N-methyl/N-ethyl adjacent to an activating group) is 1. The van der Waals surface area contributed by atoms with Gasteiger partial charge in [0.2, 0.25) is 0 Å². The molecular weight excluding hydrogens is 260 g/mol. The summed E-state index contributed by atoms with van der Waals surface area (Å²) < 4.78 is 0. The smallest absolute Gasteiger partial charge is 0.178 e. The minimum Gasteiger partial charge on any atom is -0.310 e. The van der Waals surface area contributed by atoms with Gasteiger partial charge in [0.25, 0.3) is 0 Å². The van der Waals surface area contributed by atoms with Gasteiger partial charge in [-0.3, -0.25) is 4.98 Å². The molecule has 3 rings (SSSR count). The molecule has 4 nitrogen and oxygen atoms in total. The molecule has 0 aliphatic heterocycles. The van der Waals surface area contributed by atoms with Crippen LogP contribution in [0.2, 0.25) is 0 Å². The average molecular weight is 278 g/mol. The van der Waals surface area contributed by atoms with Crippen LogP contribution in [0.5, 0.6) is 0 Å². The summed E-state index contributed by atoms with van der Waals surface area (Å²) in [6.07, 6.45) is 4.21. The van der Waals surface area contributed by atoms with Crippen LogP contribution in [0.25, 0.3) is 11.2 Å². The van der Waals surface area contributed by atoms with Crippen molar-refractivity contribution in [2.75, 3.05) is 6.54 Å². The lowest BCUT2D eigenvalue weighted by atomic mass is 10.0. The quantitative estimate of drug-likeness (QED) is 0.779. The number of benzene rings is 1. The molecule has 0 bridgehead atoms.